The summed E-state index contributed by atoms with van der Waals surface area (Å²) in [6, 6.07) is 0.208. The number of hydrogen-bond donors (Lipinski definition) is 0. The Morgan fingerprint density at radius 3 is 2.73 bits per heavy atom. The van der Waals surface area contributed by atoms with Gasteiger partial charge in [0, 0.05) is 31.4 Å². The van der Waals surface area contributed by atoms with Crippen LogP contribution in [0, 0.1) is 0 Å². The molecule has 2 atom stereocenters. The minimum Gasteiger partial charge on any atom is -0.444 e. The molecule has 0 saturated carbocycles. The molecular formula is C18H29N6O2+. The van der Waals surface area contributed by atoms with E-state index in [2.05, 4.69) is 33.2 Å². The third kappa shape index (κ3) is 3.51. The first-order valence-electron chi connectivity index (χ1n) is 9.10. The van der Waals surface area contributed by atoms with Crippen LogP contribution in [0.15, 0.2) is 39.5 Å². The van der Waals surface area contributed by atoms with Crippen molar-refractivity contribution in [1.82, 2.24) is 9.80 Å². The first-order valence-corrected chi connectivity index (χ1v) is 9.10. The van der Waals surface area contributed by atoms with Crippen molar-refractivity contribution in [3.63, 3.8) is 0 Å². The summed E-state index contributed by atoms with van der Waals surface area (Å²) in [5, 5.41) is 8.83. The number of rotatable bonds is 2. The van der Waals surface area contributed by atoms with Crippen molar-refractivity contribution in [1.29, 1.82) is 0 Å². The highest BCUT2D eigenvalue weighted by Crippen LogP contribution is 2.31. The van der Waals surface area contributed by atoms with E-state index in [1.54, 1.807) is 18.1 Å². The fourth-order valence-corrected chi connectivity index (χ4v) is 3.07. The number of likely N-dealkylation sites (N-methyl/N-ethyl adjacent to an activating group) is 2. The number of amidine groups is 1. The summed E-state index contributed by atoms with van der Waals surface area (Å²) in [6.07, 6.45) is 6.48. The van der Waals surface area contributed by atoms with Crippen LogP contribution in [-0.2, 0) is 4.74 Å². The minimum absolute atomic E-state index is 0.0920. The van der Waals surface area contributed by atoms with Gasteiger partial charge < -0.3 is 14.5 Å². The van der Waals surface area contributed by atoms with Crippen molar-refractivity contribution in [3.05, 3.63) is 24.2 Å². The Morgan fingerprint density at radius 1 is 1.42 bits per heavy atom. The highest BCUT2D eigenvalue weighted by atomic mass is 16.6. The SMILES string of the molecule is CCC1C=C2C(N3CC(N(C)C(=O)OC(C)(C)C)C3)=NC=C[N+]2(C)N=N1. The molecular weight excluding hydrogens is 332 g/mol. The number of ether oxygens (including phenoxy) is 1. The Hall–Kier alpha value is -2.22. The lowest BCUT2D eigenvalue weighted by Gasteiger charge is -2.46. The number of quaternary nitrogens is 1. The molecule has 8 heteroatoms. The molecule has 0 aromatic rings. The highest BCUT2D eigenvalue weighted by Gasteiger charge is 2.44. The van der Waals surface area contributed by atoms with Crippen molar-refractivity contribution < 1.29 is 14.1 Å². The maximum Gasteiger partial charge on any atom is 0.410 e. The van der Waals surface area contributed by atoms with Crippen LogP contribution in [0.5, 0.6) is 0 Å². The average Bonchev–Trinajstić information content (AvgIpc) is 2.51. The van der Waals surface area contributed by atoms with Crippen molar-refractivity contribution in [3.8, 4) is 0 Å². The Bertz CT molecular complexity index is 699. The molecule has 3 aliphatic rings. The molecule has 142 valence electrons. The van der Waals surface area contributed by atoms with E-state index in [1.807, 2.05) is 34.0 Å². The van der Waals surface area contributed by atoms with Gasteiger partial charge in [-0.1, -0.05) is 6.92 Å². The monoisotopic (exact) mass is 361 g/mol. The van der Waals surface area contributed by atoms with Crippen molar-refractivity contribution in [2.75, 3.05) is 27.2 Å². The number of hydrogen-bond acceptors (Lipinski definition) is 6. The maximum absolute atomic E-state index is 12.2. The van der Waals surface area contributed by atoms with E-state index < -0.39 is 5.60 Å². The first-order chi connectivity index (χ1) is 12.1. The molecule has 0 aromatic heterocycles. The molecule has 0 radical (unpaired) electrons. The normalized spacial score (nSPS) is 28.1. The van der Waals surface area contributed by atoms with Gasteiger partial charge in [-0.25, -0.2) is 9.79 Å². The lowest BCUT2D eigenvalue weighted by atomic mass is 10.0. The van der Waals surface area contributed by atoms with Gasteiger partial charge in [0.25, 0.3) is 0 Å². The Morgan fingerprint density at radius 2 is 2.12 bits per heavy atom. The number of carbonyl (C=O) groups excluding carboxylic acids is 1. The predicted molar refractivity (Wildman–Crippen MR) is 99.1 cm³/mol. The number of amides is 1. The zero-order valence-corrected chi connectivity index (χ0v) is 16.5. The van der Waals surface area contributed by atoms with Crippen molar-refractivity contribution in [2.45, 2.75) is 51.8 Å². The van der Waals surface area contributed by atoms with Gasteiger partial charge in [-0.2, -0.15) is 0 Å². The predicted octanol–water partition coefficient (Wildman–Crippen LogP) is 2.91. The summed E-state index contributed by atoms with van der Waals surface area (Å²) >= 11 is 0. The molecule has 0 N–H and O–H groups in total. The lowest BCUT2D eigenvalue weighted by molar-refractivity contribution is -0.830. The number of fused-ring (bicyclic) bond motifs is 1. The van der Waals surface area contributed by atoms with Gasteiger partial charge in [-0.3, -0.25) is 0 Å². The van der Waals surface area contributed by atoms with E-state index in [-0.39, 0.29) is 18.2 Å². The van der Waals surface area contributed by atoms with E-state index in [0.29, 0.717) is 4.59 Å². The quantitative estimate of drug-likeness (QED) is 0.710. The van der Waals surface area contributed by atoms with Crippen LogP contribution in [-0.4, -0.2) is 71.2 Å². The molecule has 0 spiro atoms. The van der Waals surface area contributed by atoms with E-state index in [4.69, 9.17) is 4.74 Å². The third-order valence-electron chi connectivity index (χ3n) is 4.82. The van der Waals surface area contributed by atoms with Crippen LogP contribution in [0.2, 0.25) is 0 Å². The first kappa shape index (κ1) is 18.6. The summed E-state index contributed by atoms with van der Waals surface area (Å²) in [5.74, 6) is 0.918. The maximum atomic E-state index is 12.2. The van der Waals surface area contributed by atoms with Crippen LogP contribution >= 0.6 is 0 Å². The van der Waals surface area contributed by atoms with Gasteiger partial charge in [-0.15, -0.1) is 9.71 Å². The highest BCUT2D eigenvalue weighted by molar-refractivity contribution is 5.98. The van der Waals surface area contributed by atoms with E-state index >= 15 is 0 Å². The second kappa shape index (κ2) is 6.50. The third-order valence-corrected chi connectivity index (χ3v) is 4.82. The second-order valence-electron chi connectivity index (χ2n) is 8.16. The number of nitrogens with zero attached hydrogens (tertiary/aromatic N) is 6. The van der Waals surface area contributed by atoms with Gasteiger partial charge in [-0.05, 0) is 27.2 Å². The molecule has 8 nitrogen and oxygen atoms in total. The second-order valence-corrected chi connectivity index (χ2v) is 8.16. The molecule has 1 amide bonds. The minimum atomic E-state index is -0.487. The molecule has 3 aliphatic heterocycles. The van der Waals surface area contributed by atoms with Crippen LogP contribution < -0.4 is 0 Å². The summed E-state index contributed by atoms with van der Waals surface area (Å²) in [7, 11) is 3.79. The van der Waals surface area contributed by atoms with Crippen molar-refractivity contribution in [2.24, 2.45) is 15.3 Å². The van der Waals surface area contributed by atoms with Crippen LogP contribution in [0.1, 0.15) is 34.1 Å². The molecule has 1 fully saturated rings. The fourth-order valence-electron chi connectivity index (χ4n) is 3.07. The Kier molecular flexibility index (Phi) is 4.64. The molecule has 0 bridgehead atoms. The van der Waals surface area contributed by atoms with Gasteiger partial charge >= 0.3 is 6.09 Å². The van der Waals surface area contributed by atoms with Gasteiger partial charge in [0.15, 0.2) is 5.84 Å². The number of carbonyl (C=O) groups is 1. The van der Waals surface area contributed by atoms with Crippen LogP contribution in [0.25, 0.3) is 0 Å². The number of likely N-dealkylation sites (tertiary alicyclic amines) is 1. The molecule has 0 aliphatic carbocycles. The topological polar surface area (TPSA) is 69.9 Å². The van der Waals surface area contributed by atoms with Gasteiger partial charge in [0.2, 0.25) is 5.70 Å². The largest absolute Gasteiger partial charge is 0.444 e. The zero-order valence-electron chi connectivity index (χ0n) is 16.5. The van der Waals surface area contributed by atoms with Gasteiger partial charge in [0.05, 0.1) is 12.2 Å². The summed E-state index contributed by atoms with van der Waals surface area (Å²) in [6.45, 7) is 9.19. The van der Waals surface area contributed by atoms with Crippen molar-refractivity contribution >= 4 is 11.9 Å². The van der Waals surface area contributed by atoms with Crippen LogP contribution in [0.4, 0.5) is 4.79 Å². The lowest BCUT2D eigenvalue weighted by Crippen LogP contribution is -2.63. The molecule has 1 saturated heterocycles. The van der Waals surface area contributed by atoms with E-state index in [9.17, 15) is 4.79 Å². The van der Waals surface area contributed by atoms with Crippen LogP contribution in [0.3, 0.4) is 0 Å². The molecule has 3 heterocycles. The zero-order chi connectivity index (χ0) is 19.1. The number of aliphatic imine (C=N–C) groups is 1. The fraction of sp³-hybridized carbons (Fsp3) is 0.667. The molecule has 26 heavy (non-hydrogen) atoms. The Labute approximate surface area is 155 Å². The Balaban J connectivity index is 1.67. The summed E-state index contributed by atoms with van der Waals surface area (Å²) in [5.41, 5.74) is 0.562. The average molecular weight is 361 g/mol. The van der Waals surface area contributed by atoms with E-state index in [1.165, 1.54) is 0 Å². The molecule has 2 unspecified atom stereocenters. The van der Waals surface area contributed by atoms with E-state index in [0.717, 1.165) is 31.0 Å². The standard InChI is InChI=1S/C18H29N6O2/c1-7-13-10-15-16(19-8-9-24(15,6)21-20-13)23-11-14(12-23)22(5)17(25)26-18(2,3)4/h8-10,13-14H,7,11-12H2,1-6H3/q+1. The molecule has 0 aromatic carbocycles. The summed E-state index contributed by atoms with van der Waals surface area (Å²) in [4.78, 5) is 20.7. The smallest absolute Gasteiger partial charge is 0.410 e. The van der Waals surface area contributed by atoms with Gasteiger partial charge in [0.1, 0.15) is 24.9 Å². The molecule has 3 rings (SSSR count). The summed E-state index contributed by atoms with van der Waals surface area (Å²) < 4.78 is 5.74.